The fraction of sp³-hybridized carbons (Fsp3) is 0.500. The summed E-state index contributed by atoms with van der Waals surface area (Å²) < 4.78 is 6.72. The van der Waals surface area contributed by atoms with Crippen LogP contribution >= 0.6 is 0 Å². The molecule has 0 spiro atoms. The van der Waals surface area contributed by atoms with Crippen LogP contribution in [0.4, 0.5) is 0 Å². The molecule has 130 valence electrons. The topological polar surface area (TPSA) is 73.2 Å². The van der Waals surface area contributed by atoms with E-state index in [-0.39, 0.29) is 18.4 Å². The first-order chi connectivity index (χ1) is 11.7. The summed E-state index contributed by atoms with van der Waals surface area (Å²) in [6, 6.07) is 7.80. The number of para-hydroxylation sites is 2. The highest BCUT2D eigenvalue weighted by Crippen LogP contribution is 2.18. The number of carbonyl (C=O) groups excluding carboxylic acids is 2. The number of benzene rings is 1. The largest absolute Gasteiger partial charge is 0.468 e. The van der Waals surface area contributed by atoms with Crippen molar-refractivity contribution < 1.29 is 14.3 Å². The Morgan fingerprint density at radius 1 is 1.21 bits per heavy atom. The SMILES string of the molecule is CCC(=O)NCCCCCc1nc2ccccc2n1CC(=O)OC. The van der Waals surface area contributed by atoms with Crippen LogP contribution in [0.15, 0.2) is 24.3 Å². The second-order valence-electron chi connectivity index (χ2n) is 5.69. The van der Waals surface area contributed by atoms with Crippen LogP contribution in [0.2, 0.25) is 0 Å². The predicted molar refractivity (Wildman–Crippen MR) is 92.6 cm³/mol. The van der Waals surface area contributed by atoms with Gasteiger partial charge >= 0.3 is 5.97 Å². The Kier molecular flexibility index (Phi) is 6.78. The minimum Gasteiger partial charge on any atom is -0.468 e. The van der Waals surface area contributed by atoms with Crippen molar-refractivity contribution in [1.82, 2.24) is 14.9 Å². The maximum absolute atomic E-state index is 11.7. The molecule has 2 rings (SSSR count). The third-order valence-electron chi connectivity index (χ3n) is 3.97. The van der Waals surface area contributed by atoms with Crippen LogP contribution in [-0.2, 0) is 27.3 Å². The molecule has 1 aromatic carbocycles. The Labute approximate surface area is 142 Å². The van der Waals surface area contributed by atoms with Crippen molar-refractivity contribution in [2.75, 3.05) is 13.7 Å². The van der Waals surface area contributed by atoms with Gasteiger partial charge in [-0.05, 0) is 25.0 Å². The number of imidazole rings is 1. The second-order valence-corrected chi connectivity index (χ2v) is 5.69. The number of amides is 1. The van der Waals surface area contributed by atoms with E-state index in [1.165, 1.54) is 7.11 Å². The van der Waals surface area contributed by atoms with E-state index in [4.69, 9.17) is 4.74 Å². The van der Waals surface area contributed by atoms with Gasteiger partial charge in [0, 0.05) is 19.4 Å². The maximum atomic E-state index is 11.7. The lowest BCUT2D eigenvalue weighted by atomic mass is 10.2. The first-order valence-corrected chi connectivity index (χ1v) is 8.43. The molecule has 2 aromatic rings. The quantitative estimate of drug-likeness (QED) is 0.566. The van der Waals surface area contributed by atoms with Gasteiger partial charge in [0.15, 0.2) is 0 Å². The monoisotopic (exact) mass is 331 g/mol. The van der Waals surface area contributed by atoms with Crippen LogP contribution in [-0.4, -0.2) is 35.1 Å². The van der Waals surface area contributed by atoms with Gasteiger partial charge in [-0.2, -0.15) is 0 Å². The van der Waals surface area contributed by atoms with E-state index < -0.39 is 0 Å². The predicted octanol–water partition coefficient (Wildman–Crippen LogP) is 2.45. The van der Waals surface area contributed by atoms with Crippen LogP contribution in [0.5, 0.6) is 0 Å². The van der Waals surface area contributed by atoms with E-state index in [9.17, 15) is 9.59 Å². The van der Waals surface area contributed by atoms with Crippen molar-refractivity contribution >= 4 is 22.9 Å². The molecule has 0 saturated heterocycles. The smallest absolute Gasteiger partial charge is 0.325 e. The number of unbranched alkanes of at least 4 members (excludes halogenated alkanes) is 2. The minimum absolute atomic E-state index is 0.0925. The molecule has 0 radical (unpaired) electrons. The molecular weight excluding hydrogens is 306 g/mol. The van der Waals surface area contributed by atoms with Gasteiger partial charge in [0.05, 0.1) is 18.1 Å². The highest BCUT2D eigenvalue weighted by atomic mass is 16.5. The third kappa shape index (κ3) is 4.81. The highest BCUT2D eigenvalue weighted by molar-refractivity contribution is 5.78. The molecule has 1 aromatic heterocycles. The number of methoxy groups -OCH3 is 1. The van der Waals surface area contributed by atoms with Crippen molar-refractivity contribution in [2.45, 2.75) is 45.6 Å². The maximum Gasteiger partial charge on any atom is 0.325 e. The number of esters is 1. The van der Waals surface area contributed by atoms with Gasteiger partial charge in [0.2, 0.25) is 5.91 Å². The first kappa shape index (κ1) is 18.0. The number of hydrogen-bond acceptors (Lipinski definition) is 4. The first-order valence-electron chi connectivity index (χ1n) is 8.43. The molecule has 1 amide bonds. The molecule has 6 heteroatoms. The molecule has 0 fully saturated rings. The summed E-state index contributed by atoms with van der Waals surface area (Å²) in [5.41, 5.74) is 1.85. The summed E-state index contributed by atoms with van der Waals surface area (Å²) in [5.74, 6) is 0.718. The Hall–Kier alpha value is -2.37. The zero-order valence-electron chi connectivity index (χ0n) is 14.4. The van der Waals surface area contributed by atoms with Gasteiger partial charge in [-0.15, -0.1) is 0 Å². The standard InChI is InChI=1S/C18H25N3O3/c1-3-17(22)19-12-8-4-5-11-16-20-14-9-6-7-10-15(14)21(16)13-18(23)24-2/h6-7,9-10H,3-5,8,11-13H2,1-2H3,(H,19,22). The van der Waals surface area contributed by atoms with Crippen LogP contribution < -0.4 is 5.32 Å². The lowest BCUT2D eigenvalue weighted by Crippen LogP contribution is -2.23. The Bertz CT molecular complexity index is 694. The van der Waals surface area contributed by atoms with Gasteiger partial charge in [0.1, 0.15) is 12.4 Å². The van der Waals surface area contributed by atoms with Gasteiger partial charge < -0.3 is 14.6 Å². The molecule has 0 unspecified atom stereocenters. The summed E-state index contributed by atoms with van der Waals surface area (Å²) in [6.45, 7) is 2.74. The molecule has 1 N–H and O–H groups in total. The number of rotatable bonds is 9. The van der Waals surface area contributed by atoms with E-state index >= 15 is 0 Å². The Balaban J connectivity index is 1.94. The second kappa shape index (κ2) is 9.05. The van der Waals surface area contributed by atoms with Crippen LogP contribution in [0.3, 0.4) is 0 Å². The van der Waals surface area contributed by atoms with Crippen LogP contribution in [0.25, 0.3) is 11.0 Å². The summed E-state index contributed by atoms with van der Waals surface area (Å²) >= 11 is 0. The molecule has 24 heavy (non-hydrogen) atoms. The van der Waals surface area contributed by atoms with Crippen molar-refractivity contribution in [3.8, 4) is 0 Å². The average molecular weight is 331 g/mol. The van der Waals surface area contributed by atoms with Crippen molar-refractivity contribution in [3.63, 3.8) is 0 Å². The number of ether oxygens (including phenoxy) is 1. The molecule has 0 aliphatic heterocycles. The van der Waals surface area contributed by atoms with E-state index in [2.05, 4.69) is 10.3 Å². The summed E-state index contributed by atoms with van der Waals surface area (Å²) in [7, 11) is 1.39. The van der Waals surface area contributed by atoms with Crippen molar-refractivity contribution in [2.24, 2.45) is 0 Å². The number of carbonyl (C=O) groups is 2. The molecule has 0 atom stereocenters. The van der Waals surface area contributed by atoms with Crippen molar-refractivity contribution in [3.05, 3.63) is 30.1 Å². The third-order valence-corrected chi connectivity index (χ3v) is 3.97. The fourth-order valence-electron chi connectivity index (χ4n) is 2.62. The number of fused-ring (bicyclic) bond motifs is 1. The van der Waals surface area contributed by atoms with Gasteiger partial charge in [0.25, 0.3) is 0 Å². The summed E-state index contributed by atoms with van der Waals surface area (Å²) in [4.78, 5) is 27.5. The lowest BCUT2D eigenvalue weighted by Gasteiger charge is -2.08. The number of hydrogen-bond donors (Lipinski definition) is 1. The van der Waals surface area contributed by atoms with E-state index in [0.29, 0.717) is 13.0 Å². The molecule has 1 heterocycles. The summed E-state index contributed by atoms with van der Waals surface area (Å²) in [6.07, 6.45) is 4.24. The van der Waals surface area contributed by atoms with Gasteiger partial charge in [-0.1, -0.05) is 25.5 Å². The number of aromatic nitrogens is 2. The Morgan fingerprint density at radius 2 is 2.00 bits per heavy atom. The average Bonchev–Trinajstić information content (AvgIpc) is 2.95. The number of aryl methyl sites for hydroxylation is 1. The van der Waals surface area contributed by atoms with Crippen LogP contribution in [0, 0.1) is 0 Å². The zero-order valence-corrected chi connectivity index (χ0v) is 14.4. The van der Waals surface area contributed by atoms with E-state index in [0.717, 1.165) is 42.5 Å². The molecular formula is C18H25N3O3. The minimum atomic E-state index is -0.276. The van der Waals surface area contributed by atoms with Crippen molar-refractivity contribution in [1.29, 1.82) is 0 Å². The molecule has 0 bridgehead atoms. The normalized spacial score (nSPS) is 10.8. The number of nitrogens with one attached hydrogen (secondary N) is 1. The fourth-order valence-corrected chi connectivity index (χ4v) is 2.62. The van der Waals surface area contributed by atoms with E-state index in [1.54, 1.807) is 0 Å². The highest BCUT2D eigenvalue weighted by Gasteiger charge is 2.13. The lowest BCUT2D eigenvalue weighted by molar-refractivity contribution is -0.141. The number of nitrogens with zero attached hydrogens (tertiary/aromatic N) is 2. The van der Waals surface area contributed by atoms with E-state index in [1.807, 2.05) is 35.8 Å². The molecule has 0 aliphatic rings. The zero-order chi connectivity index (χ0) is 17.4. The molecule has 6 nitrogen and oxygen atoms in total. The van der Waals surface area contributed by atoms with Crippen LogP contribution in [0.1, 0.15) is 38.4 Å². The van der Waals surface area contributed by atoms with Gasteiger partial charge in [-0.25, -0.2) is 4.98 Å². The summed E-state index contributed by atoms with van der Waals surface area (Å²) in [5, 5.41) is 2.88. The Morgan fingerprint density at radius 3 is 2.75 bits per heavy atom. The molecule has 0 saturated carbocycles. The van der Waals surface area contributed by atoms with Gasteiger partial charge in [-0.3, -0.25) is 9.59 Å². The molecule has 0 aliphatic carbocycles.